The van der Waals surface area contributed by atoms with Gasteiger partial charge in [0.2, 0.25) is 5.90 Å². The molecule has 1 aliphatic heterocycles. The first kappa shape index (κ1) is 17.0. The van der Waals surface area contributed by atoms with Gasteiger partial charge in [0.15, 0.2) is 0 Å². The smallest absolute Gasteiger partial charge is 0.230 e. The van der Waals surface area contributed by atoms with Gasteiger partial charge in [0, 0.05) is 12.5 Å². The Bertz CT molecular complexity index is 663. The van der Waals surface area contributed by atoms with Gasteiger partial charge in [0.25, 0.3) is 0 Å². The number of aliphatic imine (C=N–C) groups is 1. The molecule has 0 amide bonds. The van der Waals surface area contributed by atoms with Crippen LogP contribution in [0, 0.1) is 6.92 Å². The minimum atomic E-state index is 0.681. The van der Waals surface area contributed by atoms with E-state index < -0.39 is 0 Å². The first-order chi connectivity index (χ1) is 11.8. The number of rotatable bonds is 10. The molecule has 3 rings (SSSR count). The third-order valence-corrected chi connectivity index (χ3v) is 4.79. The lowest BCUT2D eigenvalue weighted by Gasteiger charge is -2.07. The Hall–Kier alpha value is -1.82. The molecular formula is C18H24N2O3S. The Balaban J connectivity index is 1.26. The van der Waals surface area contributed by atoms with Crippen molar-refractivity contribution in [1.29, 1.82) is 0 Å². The fraction of sp³-hybridized carbons (Fsp3) is 0.556. The van der Waals surface area contributed by atoms with E-state index in [0.29, 0.717) is 6.61 Å². The van der Waals surface area contributed by atoms with E-state index in [4.69, 9.17) is 14.0 Å². The maximum absolute atomic E-state index is 5.89. The van der Waals surface area contributed by atoms with E-state index in [1.807, 2.05) is 24.4 Å². The third-order valence-electron chi connectivity index (χ3n) is 3.91. The molecule has 0 aromatic carbocycles. The van der Waals surface area contributed by atoms with E-state index >= 15 is 0 Å². The van der Waals surface area contributed by atoms with Crippen LogP contribution in [-0.2, 0) is 11.2 Å². The molecule has 0 saturated heterocycles. The molecule has 0 N–H and O–H groups in total. The summed E-state index contributed by atoms with van der Waals surface area (Å²) in [4.78, 5) is 5.38. The summed E-state index contributed by atoms with van der Waals surface area (Å²) in [6.45, 7) is 4.14. The van der Waals surface area contributed by atoms with Crippen molar-refractivity contribution in [1.82, 2.24) is 5.16 Å². The molecule has 130 valence electrons. The van der Waals surface area contributed by atoms with Crippen LogP contribution in [0.5, 0.6) is 5.75 Å². The molecule has 0 fully saturated rings. The van der Waals surface area contributed by atoms with Crippen LogP contribution in [0.3, 0.4) is 0 Å². The highest BCUT2D eigenvalue weighted by atomic mass is 32.1. The third kappa shape index (κ3) is 4.84. The minimum Gasteiger partial charge on any atom is -0.492 e. The van der Waals surface area contributed by atoms with E-state index in [2.05, 4.69) is 10.1 Å². The molecule has 2 aromatic rings. The highest BCUT2D eigenvalue weighted by Crippen LogP contribution is 2.27. The summed E-state index contributed by atoms with van der Waals surface area (Å²) in [6.07, 6.45) is 6.84. The summed E-state index contributed by atoms with van der Waals surface area (Å²) in [6, 6.07) is 4.02. The Morgan fingerprint density at radius 2 is 2.08 bits per heavy atom. The van der Waals surface area contributed by atoms with Crippen molar-refractivity contribution in [2.24, 2.45) is 4.99 Å². The maximum Gasteiger partial charge on any atom is 0.230 e. The quantitative estimate of drug-likeness (QED) is 0.597. The van der Waals surface area contributed by atoms with E-state index in [9.17, 15) is 0 Å². The molecule has 0 aliphatic carbocycles. The van der Waals surface area contributed by atoms with Crippen LogP contribution < -0.4 is 4.74 Å². The molecule has 0 radical (unpaired) electrons. The number of aromatic nitrogens is 1. The zero-order valence-corrected chi connectivity index (χ0v) is 14.9. The van der Waals surface area contributed by atoms with Crippen LogP contribution in [0.15, 0.2) is 27.0 Å². The second-order valence-electron chi connectivity index (χ2n) is 5.95. The van der Waals surface area contributed by atoms with Crippen LogP contribution in [0.4, 0.5) is 0 Å². The topological polar surface area (TPSA) is 56.9 Å². The second-order valence-corrected chi connectivity index (χ2v) is 6.87. The largest absolute Gasteiger partial charge is 0.492 e. The van der Waals surface area contributed by atoms with Crippen LogP contribution >= 0.6 is 11.3 Å². The van der Waals surface area contributed by atoms with Gasteiger partial charge in [-0.3, -0.25) is 0 Å². The molecule has 0 spiro atoms. The SMILES string of the molecule is Cc1cc(CCCCCCCOc2ccsc2C2=NCCO2)on1. The zero-order chi connectivity index (χ0) is 16.6. The van der Waals surface area contributed by atoms with Crippen molar-refractivity contribution in [3.05, 3.63) is 33.8 Å². The van der Waals surface area contributed by atoms with Crippen LogP contribution in [0.25, 0.3) is 0 Å². The fourth-order valence-corrected chi connectivity index (χ4v) is 3.48. The highest BCUT2D eigenvalue weighted by molar-refractivity contribution is 7.12. The van der Waals surface area contributed by atoms with Crippen molar-refractivity contribution < 1.29 is 14.0 Å². The summed E-state index contributed by atoms with van der Waals surface area (Å²) in [5.41, 5.74) is 0.962. The molecule has 3 heterocycles. The van der Waals surface area contributed by atoms with E-state index in [1.165, 1.54) is 19.3 Å². The molecule has 0 atom stereocenters. The van der Waals surface area contributed by atoms with Gasteiger partial charge >= 0.3 is 0 Å². The summed E-state index contributed by atoms with van der Waals surface area (Å²) in [7, 11) is 0. The van der Waals surface area contributed by atoms with Gasteiger partial charge < -0.3 is 14.0 Å². The van der Waals surface area contributed by atoms with Gasteiger partial charge in [0.1, 0.15) is 23.0 Å². The van der Waals surface area contributed by atoms with Crippen molar-refractivity contribution in [3.8, 4) is 5.75 Å². The van der Waals surface area contributed by atoms with Gasteiger partial charge in [-0.25, -0.2) is 4.99 Å². The Morgan fingerprint density at radius 3 is 2.88 bits per heavy atom. The Labute approximate surface area is 146 Å². The average molecular weight is 348 g/mol. The number of thiophene rings is 1. The van der Waals surface area contributed by atoms with Gasteiger partial charge in [-0.05, 0) is 31.2 Å². The number of ether oxygens (including phenoxy) is 2. The zero-order valence-electron chi connectivity index (χ0n) is 14.1. The fourth-order valence-electron chi connectivity index (χ4n) is 2.69. The van der Waals surface area contributed by atoms with Gasteiger partial charge in [-0.1, -0.05) is 24.4 Å². The van der Waals surface area contributed by atoms with E-state index in [-0.39, 0.29) is 0 Å². The van der Waals surface area contributed by atoms with E-state index in [0.717, 1.165) is 60.4 Å². The normalized spacial score (nSPS) is 13.8. The molecular weight excluding hydrogens is 324 g/mol. The highest BCUT2D eigenvalue weighted by Gasteiger charge is 2.17. The number of unbranched alkanes of at least 4 members (excludes halogenated alkanes) is 4. The lowest BCUT2D eigenvalue weighted by Crippen LogP contribution is -2.03. The van der Waals surface area contributed by atoms with Gasteiger partial charge in [0.05, 0.1) is 18.8 Å². The predicted octanol–water partition coefficient (Wildman–Crippen LogP) is 4.39. The number of aryl methyl sites for hydroxylation is 2. The first-order valence-corrected chi connectivity index (χ1v) is 9.51. The van der Waals surface area contributed by atoms with Crippen molar-refractivity contribution in [3.63, 3.8) is 0 Å². The maximum atomic E-state index is 5.89. The Kier molecular flexibility index (Phi) is 6.29. The average Bonchev–Trinajstić information content (AvgIpc) is 3.31. The summed E-state index contributed by atoms with van der Waals surface area (Å²) >= 11 is 1.63. The number of nitrogens with zero attached hydrogens (tertiary/aromatic N) is 2. The lowest BCUT2D eigenvalue weighted by molar-refractivity contribution is 0.301. The van der Waals surface area contributed by atoms with Gasteiger partial charge in [-0.15, -0.1) is 11.3 Å². The van der Waals surface area contributed by atoms with Crippen LogP contribution in [0.1, 0.15) is 48.4 Å². The lowest BCUT2D eigenvalue weighted by atomic mass is 10.1. The molecule has 0 unspecified atom stereocenters. The number of hydrogen-bond donors (Lipinski definition) is 0. The molecule has 1 aliphatic rings. The summed E-state index contributed by atoms with van der Waals surface area (Å²) < 4.78 is 16.6. The van der Waals surface area contributed by atoms with Crippen LogP contribution in [-0.4, -0.2) is 30.8 Å². The molecule has 0 saturated carbocycles. The van der Waals surface area contributed by atoms with Crippen LogP contribution in [0.2, 0.25) is 0 Å². The molecule has 5 nitrogen and oxygen atoms in total. The first-order valence-electron chi connectivity index (χ1n) is 8.63. The Morgan fingerprint density at radius 1 is 1.21 bits per heavy atom. The molecule has 24 heavy (non-hydrogen) atoms. The second kappa shape index (κ2) is 8.87. The van der Waals surface area contributed by atoms with Crippen molar-refractivity contribution >= 4 is 17.2 Å². The minimum absolute atomic E-state index is 0.681. The summed E-state index contributed by atoms with van der Waals surface area (Å²) in [5, 5.41) is 5.94. The van der Waals surface area contributed by atoms with Crippen molar-refractivity contribution in [2.45, 2.75) is 45.4 Å². The van der Waals surface area contributed by atoms with E-state index in [1.54, 1.807) is 11.3 Å². The molecule has 6 heteroatoms. The molecule has 0 bridgehead atoms. The standard InChI is InChI=1S/C18H24N2O3S/c1-14-13-15(23-20-14)7-5-3-2-4-6-10-21-16-8-12-24-17(16)18-19-9-11-22-18/h8,12-13H,2-7,9-11H2,1H3. The summed E-state index contributed by atoms with van der Waals surface area (Å²) in [5.74, 6) is 2.64. The molecule has 2 aromatic heterocycles. The monoisotopic (exact) mass is 348 g/mol. The van der Waals surface area contributed by atoms with Gasteiger partial charge in [-0.2, -0.15) is 0 Å². The predicted molar refractivity (Wildman–Crippen MR) is 95.2 cm³/mol. The van der Waals surface area contributed by atoms with Crippen molar-refractivity contribution in [2.75, 3.05) is 19.8 Å². The number of hydrogen-bond acceptors (Lipinski definition) is 6.